The van der Waals surface area contributed by atoms with Gasteiger partial charge in [0.15, 0.2) is 5.13 Å². The van der Waals surface area contributed by atoms with Crippen LogP contribution in [0.1, 0.15) is 20.4 Å². The van der Waals surface area contributed by atoms with Crippen molar-refractivity contribution in [2.45, 2.75) is 13.3 Å². The molecule has 4 rings (SSSR count). The van der Waals surface area contributed by atoms with Gasteiger partial charge in [-0.2, -0.15) is 0 Å². The lowest BCUT2D eigenvalue weighted by atomic mass is 10.1. The maximum Gasteiger partial charge on any atom is 0.267 e. The van der Waals surface area contributed by atoms with E-state index in [2.05, 4.69) is 20.6 Å². The third-order valence-corrected chi connectivity index (χ3v) is 6.39. The SMILES string of the molecule is Cc1nc(-c2ccc(NC(=O)Cc3csc(NC(=O)c4cccs4)n3)cc2)cs1. The number of hydrogen-bond acceptors (Lipinski definition) is 7. The van der Waals surface area contributed by atoms with E-state index in [1.807, 2.05) is 48.0 Å². The lowest BCUT2D eigenvalue weighted by Gasteiger charge is -2.05. The lowest BCUT2D eigenvalue weighted by molar-refractivity contribution is -0.115. The number of nitrogens with one attached hydrogen (secondary N) is 2. The molecule has 146 valence electrons. The second kappa shape index (κ2) is 8.64. The number of anilines is 2. The molecule has 4 aromatic rings. The largest absolute Gasteiger partial charge is 0.326 e. The van der Waals surface area contributed by atoms with Crippen LogP contribution < -0.4 is 10.6 Å². The first-order valence-electron chi connectivity index (χ1n) is 8.68. The maximum atomic E-state index is 12.3. The van der Waals surface area contributed by atoms with Crippen molar-refractivity contribution in [2.24, 2.45) is 0 Å². The van der Waals surface area contributed by atoms with E-state index >= 15 is 0 Å². The van der Waals surface area contributed by atoms with Crippen molar-refractivity contribution in [2.75, 3.05) is 10.6 Å². The van der Waals surface area contributed by atoms with Gasteiger partial charge in [-0.05, 0) is 30.5 Å². The number of thiophene rings is 1. The second-order valence-corrected chi connectivity index (χ2v) is 9.00. The molecule has 1 aromatic carbocycles. The van der Waals surface area contributed by atoms with Gasteiger partial charge in [0.25, 0.3) is 5.91 Å². The number of aromatic nitrogens is 2. The summed E-state index contributed by atoms with van der Waals surface area (Å²) >= 11 is 4.28. The Morgan fingerprint density at radius 1 is 0.966 bits per heavy atom. The smallest absolute Gasteiger partial charge is 0.267 e. The van der Waals surface area contributed by atoms with Crippen LogP contribution in [-0.2, 0) is 11.2 Å². The average Bonchev–Trinajstić information content (AvgIpc) is 3.45. The second-order valence-electron chi connectivity index (χ2n) is 6.13. The van der Waals surface area contributed by atoms with Crippen LogP contribution in [0.25, 0.3) is 11.3 Å². The fourth-order valence-corrected chi connectivity index (χ4v) is 4.55. The van der Waals surface area contributed by atoms with Gasteiger partial charge in [0.2, 0.25) is 5.91 Å². The third-order valence-electron chi connectivity index (χ3n) is 3.94. The van der Waals surface area contributed by atoms with Crippen LogP contribution in [0, 0.1) is 6.92 Å². The highest BCUT2D eigenvalue weighted by molar-refractivity contribution is 7.14. The number of carbonyl (C=O) groups excluding carboxylic acids is 2. The summed E-state index contributed by atoms with van der Waals surface area (Å²) in [5, 5.41) is 12.8. The van der Waals surface area contributed by atoms with Gasteiger partial charge in [0.05, 0.1) is 27.7 Å². The van der Waals surface area contributed by atoms with Gasteiger partial charge in [-0.25, -0.2) is 9.97 Å². The summed E-state index contributed by atoms with van der Waals surface area (Å²) in [4.78, 5) is 33.8. The number of rotatable bonds is 6. The van der Waals surface area contributed by atoms with Crippen molar-refractivity contribution in [3.05, 3.63) is 68.1 Å². The summed E-state index contributed by atoms with van der Waals surface area (Å²) in [7, 11) is 0. The van der Waals surface area contributed by atoms with E-state index in [1.165, 1.54) is 22.7 Å². The fourth-order valence-electron chi connectivity index (χ4n) is 2.60. The molecular formula is C20H16N4O2S3. The van der Waals surface area contributed by atoms with Gasteiger partial charge >= 0.3 is 0 Å². The molecule has 0 aliphatic rings. The van der Waals surface area contributed by atoms with E-state index in [-0.39, 0.29) is 18.2 Å². The standard InChI is InChI=1S/C20H16N4O2S3/c1-12-21-16(11-28-12)13-4-6-14(7-5-13)22-18(25)9-15-10-29-20(23-15)24-19(26)17-3-2-8-27-17/h2-8,10-11H,9H2,1H3,(H,22,25)(H,23,24,26). The lowest BCUT2D eigenvalue weighted by Crippen LogP contribution is -2.15. The van der Waals surface area contributed by atoms with Crippen LogP contribution in [-0.4, -0.2) is 21.8 Å². The van der Waals surface area contributed by atoms with Gasteiger partial charge in [-0.3, -0.25) is 14.9 Å². The molecule has 29 heavy (non-hydrogen) atoms. The average molecular weight is 441 g/mol. The van der Waals surface area contributed by atoms with E-state index in [0.29, 0.717) is 21.4 Å². The van der Waals surface area contributed by atoms with Crippen molar-refractivity contribution < 1.29 is 9.59 Å². The molecule has 0 atom stereocenters. The van der Waals surface area contributed by atoms with E-state index in [0.717, 1.165) is 16.3 Å². The molecule has 0 saturated carbocycles. The van der Waals surface area contributed by atoms with E-state index in [4.69, 9.17) is 0 Å². The Labute approximate surface area is 179 Å². The number of aryl methyl sites for hydroxylation is 1. The number of nitrogens with zero attached hydrogens (tertiary/aromatic N) is 2. The first-order chi connectivity index (χ1) is 14.1. The van der Waals surface area contributed by atoms with Gasteiger partial charge in [-0.15, -0.1) is 34.0 Å². The molecule has 0 spiro atoms. The maximum absolute atomic E-state index is 12.3. The number of thiazole rings is 2. The Balaban J connectivity index is 1.33. The molecular weight excluding hydrogens is 424 g/mol. The topological polar surface area (TPSA) is 84.0 Å². The van der Waals surface area contributed by atoms with E-state index in [9.17, 15) is 9.59 Å². The van der Waals surface area contributed by atoms with Crippen LogP contribution in [0.5, 0.6) is 0 Å². The number of amides is 2. The molecule has 2 amide bonds. The number of benzene rings is 1. The minimum atomic E-state index is -0.194. The summed E-state index contributed by atoms with van der Waals surface area (Å²) in [5.74, 6) is -0.357. The zero-order valence-corrected chi connectivity index (χ0v) is 17.8. The minimum Gasteiger partial charge on any atom is -0.326 e. The molecule has 2 N–H and O–H groups in total. The molecule has 3 aromatic heterocycles. The molecule has 9 heteroatoms. The van der Waals surface area contributed by atoms with Crippen LogP contribution in [0.2, 0.25) is 0 Å². The van der Waals surface area contributed by atoms with Gasteiger partial charge < -0.3 is 5.32 Å². The Kier molecular flexibility index (Phi) is 5.79. The zero-order valence-electron chi connectivity index (χ0n) is 15.3. The molecule has 0 aliphatic carbocycles. The molecule has 0 aliphatic heterocycles. The number of carbonyl (C=O) groups is 2. The van der Waals surface area contributed by atoms with Gasteiger partial charge in [0, 0.05) is 22.0 Å². The molecule has 0 unspecified atom stereocenters. The van der Waals surface area contributed by atoms with Crippen molar-refractivity contribution in [3.63, 3.8) is 0 Å². The number of hydrogen-bond donors (Lipinski definition) is 2. The Morgan fingerprint density at radius 3 is 2.48 bits per heavy atom. The fraction of sp³-hybridized carbons (Fsp3) is 0.100. The van der Waals surface area contributed by atoms with Crippen LogP contribution in [0.4, 0.5) is 10.8 Å². The van der Waals surface area contributed by atoms with E-state index < -0.39 is 0 Å². The summed E-state index contributed by atoms with van der Waals surface area (Å²) in [5.41, 5.74) is 3.28. The Morgan fingerprint density at radius 2 is 1.79 bits per heavy atom. The van der Waals surface area contributed by atoms with Crippen LogP contribution in [0.3, 0.4) is 0 Å². The quantitative estimate of drug-likeness (QED) is 0.438. The van der Waals surface area contributed by atoms with Crippen molar-refractivity contribution in [3.8, 4) is 11.3 Å². The van der Waals surface area contributed by atoms with Crippen molar-refractivity contribution in [1.29, 1.82) is 0 Å². The summed E-state index contributed by atoms with van der Waals surface area (Å²) in [6.45, 7) is 1.97. The molecule has 0 bridgehead atoms. The third kappa shape index (κ3) is 4.94. The minimum absolute atomic E-state index is 0.137. The first kappa shape index (κ1) is 19.4. The highest BCUT2D eigenvalue weighted by Crippen LogP contribution is 2.23. The summed E-state index contributed by atoms with van der Waals surface area (Å²) < 4.78 is 0. The monoisotopic (exact) mass is 440 g/mol. The van der Waals surface area contributed by atoms with E-state index in [1.54, 1.807) is 22.8 Å². The van der Waals surface area contributed by atoms with Gasteiger partial charge in [-0.1, -0.05) is 18.2 Å². The van der Waals surface area contributed by atoms with Crippen molar-refractivity contribution in [1.82, 2.24) is 9.97 Å². The summed E-state index contributed by atoms with van der Waals surface area (Å²) in [6, 6.07) is 11.2. The van der Waals surface area contributed by atoms with Gasteiger partial charge in [0.1, 0.15) is 0 Å². The summed E-state index contributed by atoms with van der Waals surface area (Å²) in [6.07, 6.45) is 0.137. The highest BCUT2D eigenvalue weighted by Gasteiger charge is 2.12. The van der Waals surface area contributed by atoms with Crippen molar-refractivity contribution >= 4 is 56.6 Å². The predicted molar refractivity (Wildman–Crippen MR) is 119 cm³/mol. The zero-order chi connectivity index (χ0) is 20.2. The molecule has 0 fully saturated rings. The highest BCUT2D eigenvalue weighted by atomic mass is 32.1. The Hall–Kier alpha value is -2.88. The van der Waals surface area contributed by atoms with Crippen LogP contribution in [0.15, 0.2) is 52.5 Å². The first-order valence-corrected chi connectivity index (χ1v) is 11.3. The molecule has 6 nitrogen and oxygen atoms in total. The normalized spacial score (nSPS) is 10.7. The molecule has 0 saturated heterocycles. The molecule has 0 radical (unpaired) electrons. The predicted octanol–water partition coefficient (Wildman–Crippen LogP) is 5.07. The van der Waals surface area contributed by atoms with Crippen LogP contribution >= 0.6 is 34.0 Å². The molecule has 3 heterocycles. The Bertz CT molecular complexity index is 1130.